The van der Waals surface area contributed by atoms with Crippen LogP contribution in [0.2, 0.25) is 0 Å². The molecule has 0 bridgehead atoms. The Morgan fingerprint density at radius 1 is 0.514 bits per heavy atom. The molecule has 0 fully saturated rings. The first-order valence-corrected chi connectivity index (χ1v) is 12.5. The van der Waals surface area contributed by atoms with Crippen molar-refractivity contribution in [1.82, 2.24) is 0 Å². The molecular formula is C32H18O2S. The Kier molecular flexibility index (Phi) is 3.85. The van der Waals surface area contributed by atoms with Crippen LogP contribution in [0.25, 0.3) is 64.7 Å². The molecule has 3 heteroatoms. The highest BCUT2D eigenvalue weighted by Crippen LogP contribution is 2.49. The van der Waals surface area contributed by atoms with E-state index in [1.54, 1.807) is 0 Å². The van der Waals surface area contributed by atoms with Crippen molar-refractivity contribution in [3.63, 3.8) is 0 Å². The Bertz CT molecular complexity index is 1940. The third-order valence-electron chi connectivity index (χ3n) is 6.89. The fourth-order valence-corrected chi connectivity index (χ4v) is 6.37. The van der Waals surface area contributed by atoms with Gasteiger partial charge >= 0.3 is 0 Å². The molecule has 35 heavy (non-hydrogen) atoms. The highest BCUT2D eigenvalue weighted by molar-refractivity contribution is 7.19. The van der Waals surface area contributed by atoms with E-state index in [0.717, 1.165) is 33.6 Å². The van der Waals surface area contributed by atoms with Gasteiger partial charge in [0.05, 0.1) is 0 Å². The lowest BCUT2D eigenvalue weighted by atomic mass is 9.92. The van der Waals surface area contributed by atoms with Crippen molar-refractivity contribution in [2.75, 3.05) is 0 Å². The lowest BCUT2D eigenvalue weighted by Crippen LogP contribution is -1.97. The molecule has 3 heterocycles. The topological polar surface area (TPSA) is 22.4 Å². The fraction of sp³-hybridized carbons (Fsp3) is 0. The van der Waals surface area contributed by atoms with E-state index in [1.165, 1.54) is 42.6 Å². The Hall–Kier alpha value is -4.34. The summed E-state index contributed by atoms with van der Waals surface area (Å²) in [6.07, 6.45) is 0. The van der Waals surface area contributed by atoms with E-state index < -0.39 is 0 Å². The van der Waals surface area contributed by atoms with Crippen molar-refractivity contribution in [1.29, 1.82) is 0 Å². The molecule has 0 spiro atoms. The summed E-state index contributed by atoms with van der Waals surface area (Å²) in [5.74, 6) is 1.84. The first-order chi connectivity index (χ1) is 17.3. The van der Waals surface area contributed by atoms with Crippen LogP contribution in [0.15, 0.2) is 114 Å². The number of fused-ring (bicyclic) bond motifs is 5. The number of hydrogen-bond acceptors (Lipinski definition) is 3. The van der Waals surface area contributed by atoms with Crippen molar-refractivity contribution in [3.8, 4) is 43.5 Å². The highest BCUT2D eigenvalue weighted by Gasteiger charge is 2.21. The second kappa shape index (κ2) is 7.08. The number of para-hydroxylation sites is 2. The molecule has 0 aliphatic carbocycles. The molecule has 0 radical (unpaired) electrons. The monoisotopic (exact) mass is 466 g/mol. The van der Waals surface area contributed by atoms with Crippen molar-refractivity contribution >= 4 is 44.0 Å². The first-order valence-electron chi connectivity index (χ1n) is 11.7. The summed E-state index contributed by atoms with van der Waals surface area (Å²) in [6.45, 7) is 0. The summed E-state index contributed by atoms with van der Waals surface area (Å²) in [5.41, 5.74) is 6.67. The van der Waals surface area contributed by atoms with Crippen LogP contribution in [-0.4, -0.2) is 0 Å². The van der Waals surface area contributed by atoms with Crippen molar-refractivity contribution in [2.24, 2.45) is 0 Å². The third-order valence-corrected chi connectivity index (χ3v) is 8.06. The van der Waals surface area contributed by atoms with Crippen LogP contribution in [0.1, 0.15) is 0 Å². The van der Waals surface area contributed by atoms with Gasteiger partial charge < -0.3 is 9.15 Å². The second-order valence-electron chi connectivity index (χ2n) is 8.92. The van der Waals surface area contributed by atoms with Crippen LogP contribution in [0, 0.1) is 0 Å². The average Bonchev–Trinajstić information content (AvgIpc) is 3.54. The number of furan rings is 1. The van der Waals surface area contributed by atoms with Gasteiger partial charge in [0.15, 0.2) is 0 Å². The first kappa shape index (κ1) is 19.0. The third kappa shape index (κ3) is 2.76. The Balaban J connectivity index is 1.33. The standard InChI is InChI=1S/C32H18O2S/c1-3-11-25-21(8-1)24-18-20(17-19-7-5-13-27(33-25)31(19)24)29-15-16-30(35-29)23-10-6-14-28-32(23)22-9-2-4-12-26(22)34-28/h1-18H. The van der Waals surface area contributed by atoms with Gasteiger partial charge in [0.25, 0.3) is 0 Å². The molecule has 1 aliphatic heterocycles. The van der Waals surface area contributed by atoms with E-state index in [4.69, 9.17) is 9.15 Å². The number of rotatable bonds is 2. The van der Waals surface area contributed by atoms with E-state index in [2.05, 4.69) is 84.9 Å². The Morgan fingerprint density at radius 3 is 2.29 bits per heavy atom. The summed E-state index contributed by atoms with van der Waals surface area (Å²) in [7, 11) is 0. The molecule has 0 saturated carbocycles. The molecule has 0 atom stereocenters. The molecule has 2 aromatic heterocycles. The van der Waals surface area contributed by atoms with Gasteiger partial charge in [0.2, 0.25) is 0 Å². The number of benzene rings is 5. The van der Waals surface area contributed by atoms with Crippen LogP contribution in [0.5, 0.6) is 11.5 Å². The molecule has 1 aliphatic rings. The van der Waals surface area contributed by atoms with Crippen LogP contribution < -0.4 is 4.74 Å². The molecule has 8 rings (SSSR count). The van der Waals surface area contributed by atoms with Crippen LogP contribution in [0.3, 0.4) is 0 Å². The minimum absolute atomic E-state index is 0.912. The smallest absolute Gasteiger partial charge is 0.136 e. The van der Waals surface area contributed by atoms with E-state index in [1.807, 2.05) is 35.6 Å². The van der Waals surface area contributed by atoms with E-state index in [9.17, 15) is 0 Å². The van der Waals surface area contributed by atoms with E-state index >= 15 is 0 Å². The molecule has 0 N–H and O–H groups in total. The maximum atomic E-state index is 6.22. The molecule has 2 nitrogen and oxygen atoms in total. The van der Waals surface area contributed by atoms with E-state index in [0.29, 0.717) is 0 Å². The van der Waals surface area contributed by atoms with Gasteiger partial charge in [-0.05, 0) is 65.0 Å². The second-order valence-corrected chi connectivity index (χ2v) is 10.0. The Labute approximate surface area is 205 Å². The Morgan fingerprint density at radius 2 is 1.29 bits per heavy atom. The van der Waals surface area contributed by atoms with Gasteiger partial charge in [0.1, 0.15) is 22.7 Å². The highest BCUT2D eigenvalue weighted by atomic mass is 32.1. The number of ether oxygens (including phenoxy) is 1. The SMILES string of the molecule is c1ccc2c(c1)Oc1cccc3cc(-c4ccc(-c5cccc6oc7ccccc7c56)s4)cc-2c13. The zero-order valence-corrected chi connectivity index (χ0v) is 19.4. The molecule has 0 unspecified atom stereocenters. The van der Waals surface area contributed by atoms with Gasteiger partial charge in [-0.15, -0.1) is 11.3 Å². The maximum Gasteiger partial charge on any atom is 0.136 e. The van der Waals surface area contributed by atoms with Crippen LogP contribution >= 0.6 is 11.3 Å². The van der Waals surface area contributed by atoms with Crippen LogP contribution in [0.4, 0.5) is 0 Å². The van der Waals surface area contributed by atoms with Gasteiger partial charge in [-0.2, -0.15) is 0 Å². The maximum absolute atomic E-state index is 6.22. The zero-order valence-electron chi connectivity index (χ0n) is 18.6. The molecule has 0 saturated heterocycles. The molecular weight excluding hydrogens is 448 g/mol. The summed E-state index contributed by atoms with van der Waals surface area (Å²) >= 11 is 1.82. The number of thiophene rings is 1. The normalized spacial score (nSPS) is 12.2. The zero-order chi connectivity index (χ0) is 22.9. The van der Waals surface area contributed by atoms with Crippen molar-refractivity contribution in [2.45, 2.75) is 0 Å². The predicted molar refractivity (Wildman–Crippen MR) is 145 cm³/mol. The molecule has 7 aromatic rings. The average molecular weight is 467 g/mol. The minimum Gasteiger partial charge on any atom is -0.456 e. The largest absolute Gasteiger partial charge is 0.456 e. The van der Waals surface area contributed by atoms with Gasteiger partial charge in [0, 0.05) is 37.0 Å². The van der Waals surface area contributed by atoms with E-state index in [-0.39, 0.29) is 0 Å². The summed E-state index contributed by atoms with van der Waals surface area (Å²) in [6, 6.07) is 38.3. The predicted octanol–water partition coefficient (Wildman–Crippen LogP) is 9.91. The summed E-state index contributed by atoms with van der Waals surface area (Å²) in [4.78, 5) is 2.49. The van der Waals surface area contributed by atoms with Crippen LogP contribution in [-0.2, 0) is 0 Å². The molecule has 5 aromatic carbocycles. The van der Waals surface area contributed by atoms with Gasteiger partial charge in [-0.25, -0.2) is 0 Å². The fourth-order valence-electron chi connectivity index (χ4n) is 5.35. The molecule has 164 valence electrons. The van der Waals surface area contributed by atoms with Gasteiger partial charge in [-0.3, -0.25) is 0 Å². The summed E-state index contributed by atoms with van der Waals surface area (Å²) < 4.78 is 12.3. The van der Waals surface area contributed by atoms with Crippen molar-refractivity contribution < 1.29 is 9.15 Å². The van der Waals surface area contributed by atoms with Gasteiger partial charge in [-0.1, -0.05) is 60.7 Å². The molecule has 0 amide bonds. The minimum atomic E-state index is 0.912. The lowest BCUT2D eigenvalue weighted by molar-refractivity contribution is 0.487. The quantitative estimate of drug-likeness (QED) is 0.253. The van der Waals surface area contributed by atoms with Crippen molar-refractivity contribution in [3.05, 3.63) is 109 Å². The number of hydrogen-bond donors (Lipinski definition) is 0. The lowest BCUT2D eigenvalue weighted by Gasteiger charge is -2.21. The summed E-state index contributed by atoms with van der Waals surface area (Å²) in [5, 5.41) is 4.72.